The number of likely N-dealkylation sites (tertiary alicyclic amines) is 1. The number of amides is 1. The van der Waals surface area contributed by atoms with Gasteiger partial charge in [0.2, 0.25) is 5.91 Å². The van der Waals surface area contributed by atoms with E-state index in [9.17, 15) is 9.59 Å². The highest BCUT2D eigenvalue weighted by Gasteiger charge is 2.26. The molecule has 0 aliphatic carbocycles. The summed E-state index contributed by atoms with van der Waals surface area (Å²) in [7, 11) is 1.63. The van der Waals surface area contributed by atoms with Crippen LogP contribution < -0.4 is 10.1 Å². The van der Waals surface area contributed by atoms with Crippen LogP contribution >= 0.6 is 12.4 Å². The lowest BCUT2D eigenvalue weighted by Gasteiger charge is -2.29. The molecule has 1 unspecified atom stereocenters. The summed E-state index contributed by atoms with van der Waals surface area (Å²) >= 11 is 0. The van der Waals surface area contributed by atoms with Crippen molar-refractivity contribution in [3.8, 4) is 5.75 Å². The molecule has 2 N–H and O–H groups in total. The highest BCUT2D eigenvalue weighted by molar-refractivity contribution is 5.85. The minimum atomic E-state index is -0.772. The van der Waals surface area contributed by atoms with E-state index in [4.69, 9.17) is 9.84 Å². The van der Waals surface area contributed by atoms with Crippen LogP contribution in [0.3, 0.4) is 0 Å². The van der Waals surface area contributed by atoms with Crippen LogP contribution in [-0.2, 0) is 16.0 Å². The third-order valence-electron chi connectivity index (χ3n) is 4.13. The average Bonchev–Trinajstić information content (AvgIpc) is 2.55. The van der Waals surface area contributed by atoms with Crippen molar-refractivity contribution in [1.82, 2.24) is 10.2 Å². The van der Waals surface area contributed by atoms with Crippen LogP contribution in [0.2, 0.25) is 0 Å². The van der Waals surface area contributed by atoms with E-state index in [1.54, 1.807) is 7.11 Å². The molecule has 1 amide bonds. The summed E-state index contributed by atoms with van der Waals surface area (Å²) < 4.78 is 5.28. The van der Waals surface area contributed by atoms with E-state index >= 15 is 0 Å². The van der Waals surface area contributed by atoms with Crippen molar-refractivity contribution < 1.29 is 19.4 Å². The Hall–Kier alpha value is -1.79. The summed E-state index contributed by atoms with van der Waals surface area (Å²) in [6, 6.07) is 7.74. The second-order valence-electron chi connectivity index (χ2n) is 5.82. The van der Waals surface area contributed by atoms with Crippen molar-refractivity contribution in [3.63, 3.8) is 0 Å². The zero-order valence-corrected chi connectivity index (χ0v) is 14.7. The van der Waals surface area contributed by atoms with Crippen molar-refractivity contribution >= 4 is 24.3 Å². The molecule has 1 aromatic carbocycles. The van der Waals surface area contributed by atoms with Crippen LogP contribution in [-0.4, -0.2) is 55.2 Å². The van der Waals surface area contributed by atoms with Gasteiger partial charge in [0.25, 0.3) is 0 Å². The van der Waals surface area contributed by atoms with Crippen molar-refractivity contribution in [3.05, 3.63) is 29.8 Å². The second-order valence-corrected chi connectivity index (χ2v) is 5.82. The Kier molecular flexibility index (Phi) is 8.57. The van der Waals surface area contributed by atoms with Gasteiger partial charge in [-0.25, -0.2) is 0 Å². The number of ether oxygens (including phenoxy) is 1. The molecule has 1 aliphatic heterocycles. The number of carbonyl (C=O) groups excluding carboxylic acids is 1. The topological polar surface area (TPSA) is 78.9 Å². The fourth-order valence-electron chi connectivity index (χ4n) is 2.91. The summed E-state index contributed by atoms with van der Waals surface area (Å²) in [5.74, 6) is -0.371. The fourth-order valence-corrected chi connectivity index (χ4v) is 2.91. The second kappa shape index (κ2) is 10.2. The maximum absolute atomic E-state index is 12.0. The van der Waals surface area contributed by atoms with E-state index in [0.29, 0.717) is 25.9 Å². The maximum Gasteiger partial charge on any atom is 0.307 e. The summed E-state index contributed by atoms with van der Waals surface area (Å²) in [5.41, 5.74) is 1.05. The Morgan fingerprint density at radius 1 is 1.38 bits per heavy atom. The Balaban J connectivity index is 0.00000288. The van der Waals surface area contributed by atoms with Crippen molar-refractivity contribution in [2.24, 2.45) is 5.92 Å². The molecular weight excluding hydrogens is 332 g/mol. The van der Waals surface area contributed by atoms with Gasteiger partial charge in [-0.3, -0.25) is 14.5 Å². The van der Waals surface area contributed by atoms with Gasteiger partial charge in [0, 0.05) is 13.1 Å². The van der Waals surface area contributed by atoms with E-state index in [-0.39, 0.29) is 30.8 Å². The molecule has 6 nitrogen and oxygen atoms in total. The van der Waals surface area contributed by atoms with Crippen LogP contribution in [0.4, 0.5) is 0 Å². The predicted molar refractivity (Wildman–Crippen MR) is 93.8 cm³/mol. The molecular formula is C17H25ClN2O4. The van der Waals surface area contributed by atoms with Gasteiger partial charge in [0.05, 0.1) is 19.6 Å². The number of nitrogens with zero attached hydrogens (tertiary/aromatic N) is 1. The standard InChI is InChI=1S/C17H24N2O4.ClH/c1-23-15-7-3-2-5-13(15)8-9-18-16(20)12-19-10-4-6-14(11-19)17(21)22;/h2-3,5,7,14H,4,6,8-12H2,1H3,(H,18,20)(H,21,22);1H. The fraction of sp³-hybridized carbons (Fsp3) is 0.529. The molecule has 2 rings (SSSR count). The molecule has 0 aromatic heterocycles. The Morgan fingerprint density at radius 3 is 2.83 bits per heavy atom. The molecule has 134 valence electrons. The number of nitrogens with one attached hydrogen (secondary N) is 1. The number of carbonyl (C=O) groups is 2. The quantitative estimate of drug-likeness (QED) is 0.775. The highest BCUT2D eigenvalue weighted by Crippen LogP contribution is 2.17. The van der Waals surface area contributed by atoms with Crippen molar-refractivity contribution in [2.45, 2.75) is 19.3 Å². The van der Waals surface area contributed by atoms with Crippen molar-refractivity contribution in [1.29, 1.82) is 0 Å². The zero-order chi connectivity index (χ0) is 16.7. The molecule has 1 aliphatic rings. The predicted octanol–water partition coefficient (Wildman–Crippen LogP) is 1.57. The van der Waals surface area contributed by atoms with Gasteiger partial charge in [0.15, 0.2) is 0 Å². The number of rotatable bonds is 7. The van der Waals surface area contributed by atoms with Crippen LogP contribution in [0, 0.1) is 5.92 Å². The normalized spacial score (nSPS) is 17.6. The minimum Gasteiger partial charge on any atom is -0.496 e. The molecule has 1 atom stereocenters. The number of piperidine rings is 1. The van der Waals surface area contributed by atoms with E-state index in [1.165, 1.54) is 0 Å². The minimum absolute atomic E-state index is 0. The first-order valence-corrected chi connectivity index (χ1v) is 7.94. The van der Waals surface area contributed by atoms with Gasteiger partial charge in [-0.15, -0.1) is 12.4 Å². The molecule has 1 fully saturated rings. The van der Waals surface area contributed by atoms with Crippen LogP contribution in [0.15, 0.2) is 24.3 Å². The lowest BCUT2D eigenvalue weighted by Crippen LogP contribution is -2.44. The number of methoxy groups -OCH3 is 1. The summed E-state index contributed by atoms with van der Waals surface area (Å²) in [5, 5.41) is 12.0. The number of benzene rings is 1. The molecule has 24 heavy (non-hydrogen) atoms. The van der Waals surface area contributed by atoms with E-state index in [1.807, 2.05) is 29.2 Å². The SMILES string of the molecule is COc1ccccc1CCNC(=O)CN1CCCC(C(=O)O)C1.Cl. The molecule has 1 heterocycles. The number of aliphatic carboxylic acids is 1. The maximum atomic E-state index is 12.0. The number of carboxylic acid groups (broad SMARTS) is 1. The van der Waals surface area contributed by atoms with Gasteiger partial charge in [0.1, 0.15) is 5.75 Å². The average molecular weight is 357 g/mol. The highest BCUT2D eigenvalue weighted by atomic mass is 35.5. The number of hydrogen-bond donors (Lipinski definition) is 2. The first kappa shape index (κ1) is 20.3. The Labute approximate surface area is 148 Å². The largest absolute Gasteiger partial charge is 0.496 e. The third kappa shape index (κ3) is 6.02. The number of para-hydroxylation sites is 1. The van der Waals surface area contributed by atoms with Gasteiger partial charge >= 0.3 is 5.97 Å². The first-order valence-electron chi connectivity index (χ1n) is 7.94. The third-order valence-corrected chi connectivity index (χ3v) is 4.13. The first-order chi connectivity index (χ1) is 11.1. The Morgan fingerprint density at radius 2 is 2.12 bits per heavy atom. The summed E-state index contributed by atoms with van der Waals surface area (Å²) in [6.07, 6.45) is 2.22. The van der Waals surface area contributed by atoms with Gasteiger partial charge in [-0.05, 0) is 37.4 Å². The lowest BCUT2D eigenvalue weighted by atomic mass is 9.98. The van der Waals surface area contributed by atoms with E-state index in [0.717, 1.165) is 24.3 Å². The molecule has 0 saturated carbocycles. The number of carboxylic acids is 1. The molecule has 1 aromatic rings. The van der Waals surface area contributed by atoms with E-state index in [2.05, 4.69) is 5.32 Å². The molecule has 0 bridgehead atoms. The van der Waals surface area contributed by atoms with Gasteiger partial charge < -0.3 is 15.2 Å². The van der Waals surface area contributed by atoms with Crippen molar-refractivity contribution in [2.75, 3.05) is 33.3 Å². The smallest absolute Gasteiger partial charge is 0.307 e. The van der Waals surface area contributed by atoms with Crippen LogP contribution in [0.5, 0.6) is 5.75 Å². The monoisotopic (exact) mass is 356 g/mol. The number of hydrogen-bond acceptors (Lipinski definition) is 4. The zero-order valence-electron chi connectivity index (χ0n) is 13.9. The molecule has 0 radical (unpaired) electrons. The number of halogens is 1. The van der Waals surface area contributed by atoms with Gasteiger partial charge in [-0.1, -0.05) is 18.2 Å². The lowest BCUT2D eigenvalue weighted by molar-refractivity contribution is -0.144. The summed E-state index contributed by atoms with van der Waals surface area (Å²) in [6.45, 7) is 2.03. The molecule has 7 heteroatoms. The Bertz CT molecular complexity index is 553. The summed E-state index contributed by atoms with van der Waals surface area (Å²) in [4.78, 5) is 25.0. The molecule has 1 saturated heterocycles. The van der Waals surface area contributed by atoms with E-state index < -0.39 is 5.97 Å². The molecule has 0 spiro atoms. The van der Waals surface area contributed by atoms with Crippen LogP contribution in [0.25, 0.3) is 0 Å². The van der Waals surface area contributed by atoms with Gasteiger partial charge in [-0.2, -0.15) is 0 Å². The van der Waals surface area contributed by atoms with Crippen LogP contribution in [0.1, 0.15) is 18.4 Å².